The first kappa shape index (κ1) is 17.2. The SMILES string of the molecule is Cc1csc(=O)n1CC(=O)Nc1nc(-c2cc(Cl)ccc2Cl)cs1. The Morgan fingerprint density at radius 2 is 2.08 bits per heavy atom. The Labute approximate surface area is 155 Å². The molecule has 1 amide bonds. The number of carbonyl (C=O) groups is 1. The van der Waals surface area contributed by atoms with Gasteiger partial charge >= 0.3 is 4.87 Å². The molecule has 0 saturated carbocycles. The summed E-state index contributed by atoms with van der Waals surface area (Å²) in [6.07, 6.45) is 0. The lowest BCUT2D eigenvalue weighted by Crippen LogP contribution is -2.25. The molecule has 1 aromatic carbocycles. The molecule has 0 aliphatic carbocycles. The van der Waals surface area contributed by atoms with Crippen LogP contribution in [0.1, 0.15) is 5.69 Å². The smallest absolute Gasteiger partial charge is 0.300 e. The van der Waals surface area contributed by atoms with E-state index in [1.54, 1.807) is 35.9 Å². The molecular formula is C15H11Cl2N3O2S2. The van der Waals surface area contributed by atoms with E-state index in [2.05, 4.69) is 10.3 Å². The first-order valence-corrected chi connectivity index (χ1v) is 9.31. The van der Waals surface area contributed by atoms with Gasteiger partial charge in [0, 0.05) is 27.0 Å². The lowest BCUT2D eigenvalue weighted by Gasteiger charge is -2.04. The average Bonchev–Trinajstić information content (AvgIpc) is 3.11. The van der Waals surface area contributed by atoms with Gasteiger partial charge in [-0.2, -0.15) is 0 Å². The summed E-state index contributed by atoms with van der Waals surface area (Å²) in [5.74, 6) is -0.309. The molecule has 0 atom stereocenters. The van der Waals surface area contributed by atoms with Gasteiger partial charge in [0.25, 0.3) is 0 Å². The fourth-order valence-corrected chi connectivity index (χ4v) is 3.89. The van der Waals surface area contributed by atoms with Crippen molar-refractivity contribution in [3.8, 4) is 11.3 Å². The van der Waals surface area contributed by atoms with E-state index in [0.717, 1.165) is 17.0 Å². The summed E-state index contributed by atoms with van der Waals surface area (Å²) in [7, 11) is 0. The lowest BCUT2D eigenvalue weighted by atomic mass is 10.2. The fraction of sp³-hybridized carbons (Fsp3) is 0.133. The highest BCUT2D eigenvalue weighted by Crippen LogP contribution is 2.32. The molecule has 2 aromatic heterocycles. The molecule has 1 N–H and O–H groups in total. The Kier molecular flexibility index (Phi) is 5.05. The van der Waals surface area contributed by atoms with Crippen LogP contribution in [0.3, 0.4) is 0 Å². The summed E-state index contributed by atoms with van der Waals surface area (Å²) in [4.78, 5) is 27.9. The number of rotatable bonds is 4. The Balaban J connectivity index is 1.75. The monoisotopic (exact) mass is 399 g/mol. The molecule has 0 spiro atoms. The van der Waals surface area contributed by atoms with E-state index in [1.807, 2.05) is 0 Å². The number of aromatic nitrogens is 2. The zero-order chi connectivity index (χ0) is 17.3. The predicted octanol–water partition coefficient (Wildman–Crippen LogP) is 4.29. The molecule has 3 rings (SSSR count). The van der Waals surface area contributed by atoms with Crippen molar-refractivity contribution in [2.24, 2.45) is 0 Å². The number of thiazole rings is 2. The van der Waals surface area contributed by atoms with Gasteiger partial charge in [0.05, 0.1) is 10.7 Å². The summed E-state index contributed by atoms with van der Waals surface area (Å²) in [5, 5.41) is 7.73. The highest BCUT2D eigenvalue weighted by Gasteiger charge is 2.13. The minimum Gasteiger partial charge on any atom is -0.300 e. The Bertz CT molecular complexity index is 962. The van der Waals surface area contributed by atoms with E-state index in [0.29, 0.717) is 26.4 Å². The molecule has 0 unspecified atom stereocenters. The van der Waals surface area contributed by atoms with Crippen molar-refractivity contribution in [2.45, 2.75) is 13.5 Å². The van der Waals surface area contributed by atoms with Crippen molar-refractivity contribution in [3.63, 3.8) is 0 Å². The first-order valence-electron chi connectivity index (χ1n) is 6.80. The molecule has 124 valence electrons. The maximum Gasteiger partial charge on any atom is 0.307 e. The van der Waals surface area contributed by atoms with Crippen molar-refractivity contribution >= 4 is 56.9 Å². The van der Waals surface area contributed by atoms with E-state index in [4.69, 9.17) is 23.2 Å². The molecule has 2 heterocycles. The van der Waals surface area contributed by atoms with Gasteiger partial charge < -0.3 is 5.32 Å². The van der Waals surface area contributed by atoms with Crippen LogP contribution in [0.4, 0.5) is 5.13 Å². The van der Waals surface area contributed by atoms with Crippen LogP contribution >= 0.6 is 45.9 Å². The molecule has 0 saturated heterocycles. The highest BCUT2D eigenvalue weighted by atomic mass is 35.5. The second-order valence-electron chi connectivity index (χ2n) is 4.94. The largest absolute Gasteiger partial charge is 0.307 e. The molecule has 0 bridgehead atoms. The Morgan fingerprint density at radius 1 is 1.29 bits per heavy atom. The van der Waals surface area contributed by atoms with E-state index < -0.39 is 0 Å². The van der Waals surface area contributed by atoms with E-state index in [9.17, 15) is 9.59 Å². The maximum atomic E-state index is 12.1. The van der Waals surface area contributed by atoms with Crippen LogP contribution in [-0.2, 0) is 11.3 Å². The predicted molar refractivity (Wildman–Crippen MR) is 99.5 cm³/mol. The number of aryl methyl sites for hydroxylation is 1. The molecule has 0 aliphatic heterocycles. The minimum absolute atomic E-state index is 0.0407. The molecule has 0 fully saturated rings. The average molecular weight is 400 g/mol. The van der Waals surface area contributed by atoms with Gasteiger partial charge in [0.1, 0.15) is 6.54 Å². The highest BCUT2D eigenvalue weighted by molar-refractivity contribution is 7.14. The molecule has 3 aromatic rings. The summed E-state index contributed by atoms with van der Waals surface area (Å²) in [6.45, 7) is 1.74. The second kappa shape index (κ2) is 7.06. The molecular weight excluding hydrogens is 389 g/mol. The van der Waals surface area contributed by atoms with Crippen LogP contribution in [0.25, 0.3) is 11.3 Å². The summed E-state index contributed by atoms with van der Waals surface area (Å²) in [5.41, 5.74) is 2.09. The van der Waals surface area contributed by atoms with E-state index in [1.165, 1.54) is 15.9 Å². The Morgan fingerprint density at radius 3 is 2.79 bits per heavy atom. The van der Waals surface area contributed by atoms with Crippen LogP contribution in [0.15, 0.2) is 33.8 Å². The number of benzene rings is 1. The molecule has 24 heavy (non-hydrogen) atoms. The van der Waals surface area contributed by atoms with Crippen LogP contribution < -0.4 is 10.2 Å². The number of hydrogen-bond acceptors (Lipinski definition) is 5. The van der Waals surface area contributed by atoms with E-state index >= 15 is 0 Å². The van der Waals surface area contributed by atoms with Gasteiger partial charge in [-0.15, -0.1) is 11.3 Å². The number of amides is 1. The normalized spacial score (nSPS) is 10.8. The number of anilines is 1. The third-order valence-electron chi connectivity index (χ3n) is 3.23. The van der Waals surface area contributed by atoms with Gasteiger partial charge in [-0.1, -0.05) is 34.5 Å². The third kappa shape index (κ3) is 3.70. The van der Waals surface area contributed by atoms with E-state index in [-0.39, 0.29) is 17.3 Å². The second-order valence-corrected chi connectivity index (χ2v) is 7.46. The van der Waals surface area contributed by atoms with Gasteiger partial charge in [0.2, 0.25) is 5.91 Å². The van der Waals surface area contributed by atoms with Crippen molar-refractivity contribution in [2.75, 3.05) is 5.32 Å². The zero-order valence-corrected chi connectivity index (χ0v) is 15.5. The van der Waals surface area contributed by atoms with Crippen molar-refractivity contribution in [1.82, 2.24) is 9.55 Å². The Hall–Kier alpha value is -1.67. The summed E-state index contributed by atoms with van der Waals surface area (Å²) in [6, 6.07) is 5.12. The zero-order valence-electron chi connectivity index (χ0n) is 12.4. The van der Waals surface area contributed by atoms with Gasteiger partial charge in [-0.25, -0.2) is 4.98 Å². The maximum absolute atomic E-state index is 12.1. The molecule has 9 heteroatoms. The van der Waals surface area contributed by atoms with Gasteiger partial charge in [-0.05, 0) is 25.1 Å². The van der Waals surface area contributed by atoms with Crippen LogP contribution in [-0.4, -0.2) is 15.5 Å². The topological polar surface area (TPSA) is 64.0 Å². The summed E-state index contributed by atoms with van der Waals surface area (Å²) >= 11 is 14.5. The fourth-order valence-electron chi connectivity index (χ4n) is 2.05. The van der Waals surface area contributed by atoms with Crippen molar-refractivity contribution in [3.05, 3.63) is 54.4 Å². The standard InChI is InChI=1S/C15H11Cl2N3O2S2/c1-8-6-24-15(22)20(8)5-13(21)19-14-18-12(7-23-14)10-4-9(16)2-3-11(10)17/h2-4,6-7H,5H2,1H3,(H,18,19,21). The molecule has 0 radical (unpaired) electrons. The minimum atomic E-state index is -0.309. The quantitative estimate of drug-likeness (QED) is 0.711. The molecule has 5 nitrogen and oxygen atoms in total. The number of halogens is 2. The van der Waals surface area contributed by atoms with Gasteiger partial charge in [-0.3, -0.25) is 14.2 Å². The van der Waals surface area contributed by atoms with Crippen LogP contribution in [0.2, 0.25) is 10.0 Å². The number of hydrogen-bond donors (Lipinski definition) is 1. The third-order valence-corrected chi connectivity index (χ3v) is 5.44. The molecule has 0 aliphatic rings. The number of nitrogens with zero attached hydrogens (tertiary/aromatic N) is 2. The van der Waals surface area contributed by atoms with Gasteiger partial charge in [0.15, 0.2) is 5.13 Å². The number of carbonyl (C=O) groups excluding carboxylic acids is 1. The lowest BCUT2D eigenvalue weighted by molar-refractivity contribution is -0.116. The van der Waals surface area contributed by atoms with Crippen LogP contribution in [0.5, 0.6) is 0 Å². The van der Waals surface area contributed by atoms with Crippen molar-refractivity contribution < 1.29 is 4.79 Å². The van der Waals surface area contributed by atoms with Crippen molar-refractivity contribution in [1.29, 1.82) is 0 Å². The first-order chi connectivity index (χ1) is 11.4. The summed E-state index contributed by atoms with van der Waals surface area (Å²) < 4.78 is 1.42. The van der Waals surface area contributed by atoms with Crippen LogP contribution in [0, 0.1) is 6.92 Å². The number of nitrogens with one attached hydrogen (secondary N) is 1.